The lowest BCUT2D eigenvalue weighted by molar-refractivity contribution is 0.0911. The molecule has 4 nitrogen and oxygen atoms in total. The zero-order chi connectivity index (χ0) is 12.0. The molecule has 0 spiro atoms. The second-order valence-electron chi connectivity index (χ2n) is 3.47. The van der Waals surface area contributed by atoms with Gasteiger partial charge in [0.2, 0.25) is 0 Å². The molecule has 1 aromatic rings. The number of carbonyl (C=O) groups excluding carboxylic acids is 1. The van der Waals surface area contributed by atoms with E-state index in [1.54, 1.807) is 11.4 Å². The molecule has 0 aromatic carbocycles. The maximum absolute atomic E-state index is 11.7. The highest BCUT2D eigenvalue weighted by Crippen LogP contribution is 2.23. The number of amides is 1. The van der Waals surface area contributed by atoms with E-state index >= 15 is 0 Å². The Kier molecular flexibility index (Phi) is 5.28. The fourth-order valence-electron chi connectivity index (χ4n) is 1.35. The smallest absolute Gasteiger partial charge is 0.265 e. The van der Waals surface area contributed by atoms with Crippen LogP contribution in [0.3, 0.4) is 0 Å². The SMILES string of the molecule is CCCC(O)CNC(=O)c1sccc1OC. The van der Waals surface area contributed by atoms with Gasteiger partial charge in [0.1, 0.15) is 10.6 Å². The minimum absolute atomic E-state index is 0.193. The van der Waals surface area contributed by atoms with E-state index < -0.39 is 6.10 Å². The molecule has 0 aliphatic carbocycles. The van der Waals surface area contributed by atoms with Crippen molar-refractivity contribution in [3.8, 4) is 5.75 Å². The average molecular weight is 243 g/mol. The van der Waals surface area contributed by atoms with Gasteiger partial charge in [-0.1, -0.05) is 13.3 Å². The minimum atomic E-state index is -0.472. The van der Waals surface area contributed by atoms with Crippen LogP contribution < -0.4 is 10.1 Å². The number of rotatable bonds is 6. The molecule has 1 amide bonds. The normalized spacial score (nSPS) is 12.2. The first kappa shape index (κ1) is 13.0. The summed E-state index contributed by atoms with van der Waals surface area (Å²) < 4.78 is 5.05. The quantitative estimate of drug-likeness (QED) is 0.798. The molecule has 90 valence electrons. The van der Waals surface area contributed by atoms with Gasteiger partial charge >= 0.3 is 0 Å². The molecule has 0 fully saturated rings. The summed E-state index contributed by atoms with van der Waals surface area (Å²) in [5.74, 6) is 0.384. The van der Waals surface area contributed by atoms with Crippen LogP contribution >= 0.6 is 11.3 Å². The van der Waals surface area contributed by atoms with Crippen LogP contribution in [-0.2, 0) is 0 Å². The van der Waals surface area contributed by atoms with Crippen LogP contribution in [0.5, 0.6) is 5.75 Å². The molecule has 1 heterocycles. The van der Waals surface area contributed by atoms with Gasteiger partial charge in [0, 0.05) is 6.54 Å². The van der Waals surface area contributed by atoms with Gasteiger partial charge in [-0.2, -0.15) is 0 Å². The molecule has 1 atom stereocenters. The van der Waals surface area contributed by atoms with Crippen molar-refractivity contribution in [1.82, 2.24) is 5.32 Å². The lowest BCUT2D eigenvalue weighted by Crippen LogP contribution is -2.31. The van der Waals surface area contributed by atoms with Crippen molar-refractivity contribution < 1.29 is 14.6 Å². The average Bonchev–Trinajstić information content (AvgIpc) is 2.74. The maximum atomic E-state index is 11.7. The van der Waals surface area contributed by atoms with Crippen molar-refractivity contribution in [3.05, 3.63) is 16.3 Å². The molecule has 0 saturated heterocycles. The predicted octanol–water partition coefficient (Wildman–Crippen LogP) is 1.65. The summed E-state index contributed by atoms with van der Waals surface area (Å²) in [6.07, 6.45) is 1.13. The van der Waals surface area contributed by atoms with Crippen LogP contribution in [0.25, 0.3) is 0 Å². The van der Waals surface area contributed by atoms with Crippen LogP contribution in [0.1, 0.15) is 29.4 Å². The van der Waals surface area contributed by atoms with E-state index in [9.17, 15) is 9.90 Å². The molecule has 0 aliphatic rings. The molecule has 0 saturated carbocycles. The van der Waals surface area contributed by atoms with E-state index in [1.807, 2.05) is 6.92 Å². The van der Waals surface area contributed by atoms with Crippen molar-refractivity contribution >= 4 is 17.2 Å². The van der Waals surface area contributed by atoms with Gasteiger partial charge in [-0.05, 0) is 17.9 Å². The Labute approximate surface area is 99.2 Å². The first-order chi connectivity index (χ1) is 7.69. The number of hydrogen-bond acceptors (Lipinski definition) is 4. The van der Waals surface area contributed by atoms with Gasteiger partial charge in [-0.25, -0.2) is 0 Å². The summed E-state index contributed by atoms with van der Waals surface area (Å²) >= 11 is 1.33. The molecule has 2 N–H and O–H groups in total. The van der Waals surface area contributed by atoms with Gasteiger partial charge in [-0.15, -0.1) is 11.3 Å². The molecule has 1 unspecified atom stereocenters. The fraction of sp³-hybridized carbons (Fsp3) is 0.545. The van der Waals surface area contributed by atoms with E-state index in [4.69, 9.17) is 4.74 Å². The number of carbonyl (C=O) groups is 1. The number of aliphatic hydroxyl groups is 1. The summed E-state index contributed by atoms with van der Waals surface area (Å²) in [4.78, 5) is 12.2. The Morgan fingerprint density at radius 3 is 3.06 bits per heavy atom. The monoisotopic (exact) mass is 243 g/mol. The van der Waals surface area contributed by atoms with Gasteiger partial charge in [0.25, 0.3) is 5.91 Å². The van der Waals surface area contributed by atoms with Crippen LogP contribution in [0.2, 0.25) is 0 Å². The topological polar surface area (TPSA) is 58.6 Å². The standard InChI is InChI=1S/C11H17NO3S/c1-3-4-8(13)7-12-11(14)10-9(15-2)5-6-16-10/h5-6,8,13H,3-4,7H2,1-2H3,(H,12,14). The summed E-state index contributed by atoms with van der Waals surface area (Å²) in [6.45, 7) is 2.28. The molecular weight excluding hydrogens is 226 g/mol. The van der Waals surface area contributed by atoms with Crippen LogP contribution in [-0.4, -0.2) is 30.8 Å². The van der Waals surface area contributed by atoms with Gasteiger partial charge in [0.15, 0.2) is 0 Å². The lowest BCUT2D eigenvalue weighted by atomic mass is 10.2. The highest BCUT2D eigenvalue weighted by Gasteiger charge is 2.14. The van der Waals surface area contributed by atoms with Crippen LogP contribution in [0.15, 0.2) is 11.4 Å². The molecule has 0 bridgehead atoms. The van der Waals surface area contributed by atoms with Crippen molar-refractivity contribution in [3.63, 3.8) is 0 Å². The zero-order valence-corrected chi connectivity index (χ0v) is 10.3. The van der Waals surface area contributed by atoms with Crippen molar-refractivity contribution in [2.75, 3.05) is 13.7 Å². The Hall–Kier alpha value is -1.07. The summed E-state index contributed by atoms with van der Waals surface area (Å²) in [7, 11) is 1.53. The number of thiophene rings is 1. The van der Waals surface area contributed by atoms with Crippen LogP contribution in [0.4, 0.5) is 0 Å². The van der Waals surface area contributed by atoms with E-state index in [0.29, 0.717) is 17.0 Å². The third-order valence-corrected chi connectivity index (χ3v) is 3.07. The van der Waals surface area contributed by atoms with E-state index in [2.05, 4.69) is 5.32 Å². The highest BCUT2D eigenvalue weighted by atomic mass is 32.1. The molecule has 1 aromatic heterocycles. The maximum Gasteiger partial charge on any atom is 0.265 e. The zero-order valence-electron chi connectivity index (χ0n) is 9.53. The minimum Gasteiger partial charge on any atom is -0.495 e. The third-order valence-electron chi connectivity index (χ3n) is 2.18. The Morgan fingerprint density at radius 1 is 1.69 bits per heavy atom. The second kappa shape index (κ2) is 6.50. The number of methoxy groups -OCH3 is 1. The van der Waals surface area contributed by atoms with E-state index in [-0.39, 0.29) is 12.5 Å². The fourth-order valence-corrected chi connectivity index (χ4v) is 2.12. The number of aliphatic hydroxyl groups excluding tert-OH is 1. The first-order valence-electron chi connectivity index (χ1n) is 5.26. The summed E-state index contributed by atoms with van der Waals surface area (Å²) in [6, 6.07) is 1.75. The van der Waals surface area contributed by atoms with E-state index in [0.717, 1.165) is 6.42 Å². The molecule has 0 radical (unpaired) electrons. The van der Waals surface area contributed by atoms with Crippen LogP contribution in [0, 0.1) is 0 Å². The molecule has 5 heteroatoms. The molecule has 1 rings (SSSR count). The van der Waals surface area contributed by atoms with E-state index in [1.165, 1.54) is 18.4 Å². The Balaban J connectivity index is 2.46. The molecule has 0 aliphatic heterocycles. The van der Waals surface area contributed by atoms with Crippen molar-refractivity contribution in [1.29, 1.82) is 0 Å². The Bertz CT molecular complexity index is 338. The predicted molar refractivity (Wildman–Crippen MR) is 64.1 cm³/mol. The lowest BCUT2D eigenvalue weighted by Gasteiger charge is -2.10. The Morgan fingerprint density at radius 2 is 2.44 bits per heavy atom. The number of ether oxygens (including phenoxy) is 1. The van der Waals surface area contributed by atoms with Gasteiger partial charge in [0.05, 0.1) is 13.2 Å². The second-order valence-corrected chi connectivity index (χ2v) is 4.39. The number of nitrogens with one attached hydrogen (secondary N) is 1. The van der Waals surface area contributed by atoms with Gasteiger partial charge in [-0.3, -0.25) is 4.79 Å². The van der Waals surface area contributed by atoms with Crippen molar-refractivity contribution in [2.24, 2.45) is 0 Å². The van der Waals surface area contributed by atoms with Crippen molar-refractivity contribution in [2.45, 2.75) is 25.9 Å². The third kappa shape index (κ3) is 3.50. The van der Waals surface area contributed by atoms with Gasteiger partial charge < -0.3 is 15.2 Å². The number of hydrogen-bond donors (Lipinski definition) is 2. The summed E-state index contributed by atoms with van der Waals surface area (Å²) in [5.41, 5.74) is 0. The first-order valence-corrected chi connectivity index (χ1v) is 6.14. The molecule has 16 heavy (non-hydrogen) atoms. The highest BCUT2D eigenvalue weighted by molar-refractivity contribution is 7.12. The summed E-state index contributed by atoms with van der Waals surface area (Å²) in [5, 5.41) is 14.0. The molecular formula is C11H17NO3S. The largest absolute Gasteiger partial charge is 0.495 e.